The Bertz CT molecular complexity index is 726. The minimum Gasteiger partial charge on any atom is -0.353 e. The summed E-state index contributed by atoms with van der Waals surface area (Å²) in [6.45, 7) is 14.8. The molecule has 0 aromatic heterocycles. The molecule has 0 aromatic rings. The quantitative estimate of drug-likeness (QED) is 0.335. The first kappa shape index (κ1) is 26.6. The van der Waals surface area contributed by atoms with Crippen LogP contribution in [-0.4, -0.2) is 25.8 Å². The van der Waals surface area contributed by atoms with E-state index >= 15 is 0 Å². The van der Waals surface area contributed by atoms with E-state index < -0.39 is 5.79 Å². The molecule has 0 spiro atoms. The van der Waals surface area contributed by atoms with Crippen LogP contribution in [0.25, 0.3) is 0 Å². The van der Waals surface area contributed by atoms with Crippen LogP contribution in [0.4, 0.5) is 0 Å². The Hall–Kier alpha value is -0.410. The number of carbonyl (C=O) groups is 1. The summed E-state index contributed by atoms with van der Waals surface area (Å²) >= 11 is 0. The summed E-state index contributed by atoms with van der Waals surface area (Å²) in [5, 5.41) is 0. The van der Waals surface area contributed by atoms with Crippen LogP contribution < -0.4 is 0 Å². The van der Waals surface area contributed by atoms with Crippen LogP contribution in [0.1, 0.15) is 112 Å². The molecule has 3 heteroatoms. The monoisotopic (exact) mass is 474 g/mol. The number of ketones is 1. The predicted molar refractivity (Wildman–Crippen MR) is 139 cm³/mol. The van der Waals surface area contributed by atoms with Crippen LogP contribution in [-0.2, 0) is 14.3 Å². The van der Waals surface area contributed by atoms with Crippen molar-refractivity contribution in [1.82, 2.24) is 0 Å². The van der Waals surface area contributed by atoms with Gasteiger partial charge in [-0.05, 0) is 90.8 Å². The van der Waals surface area contributed by atoms with E-state index in [2.05, 4.69) is 41.5 Å². The third kappa shape index (κ3) is 4.23. The van der Waals surface area contributed by atoms with E-state index in [1.54, 1.807) is 14.2 Å². The lowest BCUT2D eigenvalue weighted by Crippen LogP contribution is -2.59. The Morgan fingerprint density at radius 2 is 1.59 bits per heavy atom. The van der Waals surface area contributed by atoms with E-state index in [0.717, 1.165) is 55.3 Å². The summed E-state index contributed by atoms with van der Waals surface area (Å²) in [7, 11) is 3.50. The average molecular weight is 475 g/mol. The molecule has 4 aliphatic rings. The summed E-state index contributed by atoms with van der Waals surface area (Å²) in [6.07, 6.45) is 13.0. The van der Waals surface area contributed by atoms with Crippen molar-refractivity contribution in [3.8, 4) is 0 Å². The van der Waals surface area contributed by atoms with Gasteiger partial charge in [0.05, 0.1) is 0 Å². The number of hydrogen-bond acceptors (Lipinski definition) is 3. The van der Waals surface area contributed by atoms with Gasteiger partial charge in [0.25, 0.3) is 0 Å². The normalized spacial score (nSPS) is 43.2. The largest absolute Gasteiger partial charge is 0.353 e. The van der Waals surface area contributed by atoms with Crippen molar-refractivity contribution >= 4 is 5.78 Å². The average Bonchev–Trinajstić information content (AvgIpc) is 3.17. The second-order valence-corrected chi connectivity index (χ2v) is 13.8. The second kappa shape index (κ2) is 9.81. The van der Waals surface area contributed by atoms with Crippen molar-refractivity contribution in [3.05, 3.63) is 0 Å². The molecule has 0 saturated heterocycles. The maximum absolute atomic E-state index is 13.7. The first-order valence-corrected chi connectivity index (χ1v) is 14.7. The van der Waals surface area contributed by atoms with Crippen molar-refractivity contribution in [2.45, 2.75) is 118 Å². The maximum atomic E-state index is 13.7. The van der Waals surface area contributed by atoms with Gasteiger partial charge in [-0.3, -0.25) is 4.79 Å². The molecule has 4 rings (SSSR count). The molecule has 0 bridgehead atoms. The third-order valence-corrected chi connectivity index (χ3v) is 12.4. The van der Waals surface area contributed by atoms with Gasteiger partial charge in [-0.25, -0.2) is 0 Å². The molecule has 0 unspecified atom stereocenters. The lowest BCUT2D eigenvalue weighted by molar-refractivity contribution is -0.256. The van der Waals surface area contributed by atoms with E-state index in [1.165, 1.54) is 44.9 Å². The fourth-order valence-electron chi connectivity index (χ4n) is 10.1. The Morgan fingerprint density at radius 1 is 0.912 bits per heavy atom. The highest BCUT2D eigenvalue weighted by atomic mass is 16.7. The highest BCUT2D eigenvalue weighted by Crippen LogP contribution is 2.68. The lowest BCUT2D eigenvalue weighted by Gasteiger charge is -2.61. The van der Waals surface area contributed by atoms with Crippen molar-refractivity contribution in [2.75, 3.05) is 14.2 Å². The third-order valence-electron chi connectivity index (χ3n) is 12.4. The van der Waals surface area contributed by atoms with Gasteiger partial charge in [-0.1, -0.05) is 54.4 Å². The van der Waals surface area contributed by atoms with E-state index in [4.69, 9.17) is 9.47 Å². The first-order valence-electron chi connectivity index (χ1n) is 14.7. The van der Waals surface area contributed by atoms with Gasteiger partial charge >= 0.3 is 0 Å². The fourth-order valence-corrected chi connectivity index (χ4v) is 10.1. The molecule has 0 aliphatic heterocycles. The van der Waals surface area contributed by atoms with E-state index in [0.29, 0.717) is 23.0 Å². The number of hydrogen-bond donors (Lipinski definition) is 0. The number of carbonyl (C=O) groups excluding carboxylic acids is 1. The first-order chi connectivity index (χ1) is 16.0. The number of methoxy groups -OCH3 is 2. The second-order valence-electron chi connectivity index (χ2n) is 13.8. The molecule has 196 valence electrons. The van der Waals surface area contributed by atoms with Crippen LogP contribution in [0.3, 0.4) is 0 Å². The van der Waals surface area contributed by atoms with Gasteiger partial charge in [0.1, 0.15) is 5.78 Å². The zero-order chi connectivity index (χ0) is 24.9. The highest BCUT2D eigenvalue weighted by Gasteiger charge is 2.64. The molecule has 0 amide bonds. The van der Waals surface area contributed by atoms with Crippen molar-refractivity contribution in [3.63, 3.8) is 0 Å². The Labute approximate surface area is 210 Å². The maximum Gasteiger partial charge on any atom is 0.168 e. The summed E-state index contributed by atoms with van der Waals surface area (Å²) in [4.78, 5) is 13.7. The summed E-state index contributed by atoms with van der Waals surface area (Å²) in [5.74, 6) is 5.39. The molecular formula is C31H54O3. The summed E-state index contributed by atoms with van der Waals surface area (Å²) < 4.78 is 11.6. The van der Waals surface area contributed by atoms with Crippen LogP contribution in [0.2, 0.25) is 0 Å². The molecule has 4 fully saturated rings. The molecule has 0 radical (unpaired) electrons. The number of Topliss-reactive ketones (excluding diaryl/α,β-unsaturated/α-hetero) is 1. The van der Waals surface area contributed by atoms with Gasteiger partial charge in [0.15, 0.2) is 5.79 Å². The zero-order valence-corrected chi connectivity index (χ0v) is 23.6. The molecule has 0 N–H and O–H groups in total. The zero-order valence-electron chi connectivity index (χ0n) is 23.6. The lowest BCUT2D eigenvalue weighted by atomic mass is 9.44. The highest BCUT2D eigenvalue weighted by molar-refractivity contribution is 5.83. The smallest absolute Gasteiger partial charge is 0.168 e. The minimum absolute atomic E-state index is 0.102. The number of ether oxygens (including phenoxy) is 2. The van der Waals surface area contributed by atoms with Crippen LogP contribution in [0.15, 0.2) is 0 Å². The Kier molecular flexibility index (Phi) is 7.69. The number of fused-ring (bicyclic) bond motifs is 5. The molecule has 3 nitrogen and oxygen atoms in total. The molecule has 0 heterocycles. The minimum atomic E-state index is -0.559. The molecule has 0 aromatic carbocycles. The van der Waals surface area contributed by atoms with Crippen LogP contribution >= 0.6 is 0 Å². The summed E-state index contributed by atoms with van der Waals surface area (Å²) in [5.41, 5.74) is 0.554. The fraction of sp³-hybridized carbons (Fsp3) is 0.968. The van der Waals surface area contributed by atoms with Gasteiger partial charge in [0.2, 0.25) is 0 Å². The standard InChI is InChI=1S/C31H54O3/c1-9-22(20(2)3)11-10-21(4)24-12-13-25-23-18-28(32)27-19-31(33-7,34-8)17-16-30(27,6)26(23)14-15-29(24,25)5/h20-27H,9-19H2,1-8H3/t21-,22-,23+,24-,25+,26+,27-,29-,30-/m1/s1. The van der Waals surface area contributed by atoms with Crippen molar-refractivity contribution < 1.29 is 14.3 Å². The van der Waals surface area contributed by atoms with E-state index in [9.17, 15) is 4.79 Å². The molecule has 34 heavy (non-hydrogen) atoms. The van der Waals surface area contributed by atoms with Crippen molar-refractivity contribution in [1.29, 1.82) is 0 Å². The van der Waals surface area contributed by atoms with E-state index in [1.807, 2.05) is 0 Å². The topological polar surface area (TPSA) is 35.5 Å². The Morgan fingerprint density at radius 3 is 2.21 bits per heavy atom. The van der Waals surface area contributed by atoms with Crippen LogP contribution in [0, 0.1) is 58.2 Å². The summed E-state index contributed by atoms with van der Waals surface area (Å²) in [6, 6.07) is 0. The number of rotatable bonds is 8. The molecule has 4 saturated carbocycles. The van der Waals surface area contributed by atoms with Crippen LogP contribution in [0.5, 0.6) is 0 Å². The Balaban J connectivity index is 1.50. The van der Waals surface area contributed by atoms with Gasteiger partial charge in [0, 0.05) is 39.4 Å². The van der Waals surface area contributed by atoms with Gasteiger partial charge in [-0.15, -0.1) is 0 Å². The molecule has 4 aliphatic carbocycles. The van der Waals surface area contributed by atoms with Crippen molar-refractivity contribution in [2.24, 2.45) is 58.2 Å². The SMILES string of the molecule is CC[C@H](CC[C@@H](C)[C@H]1CC[C@H]2[C@@H]3CC(=O)[C@H]4CC(OC)(OC)CC[C@]4(C)[C@H]3CC[C@]12C)C(C)C. The molecule has 9 atom stereocenters. The van der Waals surface area contributed by atoms with E-state index in [-0.39, 0.29) is 11.3 Å². The molecular weight excluding hydrogens is 420 g/mol. The van der Waals surface area contributed by atoms with Gasteiger partial charge < -0.3 is 9.47 Å². The predicted octanol–water partition coefficient (Wildman–Crippen LogP) is 7.91. The van der Waals surface area contributed by atoms with Gasteiger partial charge in [-0.2, -0.15) is 0 Å².